The number of carbonyl (C=O) groups is 1. The van der Waals surface area contributed by atoms with E-state index in [-0.39, 0.29) is 5.92 Å². The van der Waals surface area contributed by atoms with E-state index in [1.165, 1.54) is 11.2 Å². The van der Waals surface area contributed by atoms with Gasteiger partial charge >= 0.3 is 6.09 Å². The van der Waals surface area contributed by atoms with Gasteiger partial charge < -0.3 is 14.7 Å². The highest BCUT2D eigenvalue weighted by Crippen LogP contribution is 2.31. The Bertz CT molecular complexity index is 668. The predicted molar refractivity (Wildman–Crippen MR) is 75.5 cm³/mol. The lowest BCUT2D eigenvalue weighted by atomic mass is 9.91. The van der Waals surface area contributed by atoms with E-state index in [2.05, 4.69) is 15.0 Å². The zero-order valence-electron chi connectivity index (χ0n) is 11.7. The second-order valence-electron chi connectivity index (χ2n) is 5.03. The Morgan fingerprint density at radius 1 is 1.33 bits per heavy atom. The normalized spacial score (nSPS) is 16.1. The Hall–Kier alpha value is -2.44. The van der Waals surface area contributed by atoms with Crippen molar-refractivity contribution in [1.82, 2.24) is 19.9 Å². The standard InChI is InChI=1S/C14H16N4O3/c1-21-11-3-2-10-12(15-8-16-13(10)17-11)9-4-6-18(7-5-9)14(19)20/h2-3,8-9H,4-7H2,1H3,(H,19,20). The number of piperidine rings is 1. The summed E-state index contributed by atoms with van der Waals surface area (Å²) in [5.41, 5.74) is 1.56. The highest BCUT2D eigenvalue weighted by molar-refractivity contribution is 5.78. The molecule has 1 aliphatic rings. The van der Waals surface area contributed by atoms with Crippen LogP contribution in [0.5, 0.6) is 5.88 Å². The van der Waals surface area contributed by atoms with Gasteiger partial charge in [0.1, 0.15) is 6.33 Å². The number of hydrogen-bond acceptors (Lipinski definition) is 5. The van der Waals surface area contributed by atoms with Crippen molar-refractivity contribution in [3.63, 3.8) is 0 Å². The number of carboxylic acid groups (broad SMARTS) is 1. The number of methoxy groups -OCH3 is 1. The largest absolute Gasteiger partial charge is 0.481 e. The van der Waals surface area contributed by atoms with Crippen LogP contribution in [-0.2, 0) is 0 Å². The molecule has 7 heteroatoms. The number of likely N-dealkylation sites (tertiary alicyclic amines) is 1. The van der Waals surface area contributed by atoms with Crippen LogP contribution < -0.4 is 4.74 Å². The molecule has 0 saturated carbocycles. The minimum atomic E-state index is -0.854. The number of fused-ring (bicyclic) bond motifs is 1. The first-order chi connectivity index (χ1) is 10.2. The number of aromatic nitrogens is 3. The Morgan fingerprint density at radius 3 is 2.76 bits per heavy atom. The third-order valence-corrected chi connectivity index (χ3v) is 3.86. The maximum absolute atomic E-state index is 11.0. The van der Waals surface area contributed by atoms with Crippen LogP contribution in [0.25, 0.3) is 11.0 Å². The first-order valence-corrected chi connectivity index (χ1v) is 6.82. The molecule has 2 aromatic heterocycles. The van der Waals surface area contributed by atoms with Gasteiger partial charge in [0.2, 0.25) is 5.88 Å². The van der Waals surface area contributed by atoms with Crippen LogP contribution in [0.15, 0.2) is 18.5 Å². The van der Waals surface area contributed by atoms with Gasteiger partial charge in [-0.1, -0.05) is 0 Å². The van der Waals surface area contributed by atoms with Gasteiger partial charge in [0.15, 0.2) is 5.65 Å². The van der Waals surface area contributed by atoms with E-state index in [1.54, 1.807) is 13.2 Å². The summed E-state index contributed by atoms with van der Waals surface area (Å²) in [5, 5.41) is 9.91. The van der Waals surface area contributed by atoms with E-state index in [1.807, 2.05) is 6.07 Å². The SMILES string of the molecule is COc1ccc2c(C3CCN(C(=O)O)CC3)ncnc2n1. The molecule has 7 nitrogen and oxygen atoms in total. The molecule has 3 heterocycles. The Balaban J connectivity index is 1.89. The van der Waals surface area contributed by atoms with Gasteiger partial charge in [0, 0.05) is 30.5 Å². The van der Waals surface area contributed by atoms with Gasteiger partial charge in [-0.3, -0.25) is 0 Å². The second-order valence-corrected chi connectivity index (χ2v) is 5.03. The van der Waals surface area contributed by atoms with Crippen molar-refractivity contribution in [2.75, 3.05) is 20.2 Å². The van der Waals surface area contributed by atoms with Crippen LogP contribution in [0, 0.1) is 0 Å². The molecular formula is C14H16N4O3. The van der Waals surface area contributed by atoms with E-state index in [9.17, 15) is 4.79 Å². The fourth-order valence-electron chi connectivity index (χ4n) is 2.73. The summed E-state index contributed by atoms with van der Waals surface area (Å²) in [4.78, 5) is 25.3. The molecule has 2 aromatic rings. The molecule has 1 N–H and O–H groups in total. The number of amides is 1. The molecule has 0 bridgehead atoms. The summed E-state index contributed by atoms with van der Waals surface area (Å²) in [5.74, 6) is 0.758. The third-order valence-electron chi connectivity index (χ3n) is 3.86. The van der Waals surface area contributed by atoms with E-state index in [4.69, 9.17) is 9.84 Å². The van der Waals surface area contributed by atoms with E-state index < -0.39 is 6.09 Å². The maximum atomic E-state index is 11.0. The monoisotopic (exact) mass is 288 g/mol. The van der Waals surface area contributed by atoms with Crippen molar-refractivity contribution in [2.45, 2.75) is 18.8 Å². The molecule has 0 atom stereocenters. The minimum absolute atomic E-state index is 0.237. The Labute approximate surface area is 121 Å². The zero-order valence-corrected chi connectivity index (χ0v) is 11.7. The molecule has 1 amide bonds. The van der Waals surface area contributed by atoms with E-state index >= 15 is 0 Å². The lowest BCUT2D eigenvalue weighted by Crippen LogP contribution is -2.37. The van der Waals surface area contributed by atoms with Crippen molar-refractivity contribution in [3.8, 4) is 5.88 Å². The van der Waals surface area contributed by atoms with Gasteiger partial charge in [0.25, 0.3) is 0 Å². The van der Waals surface area contributed by atoms with E-state index in [0.717, 1.165) is 23.9 Å². The summed E-state index contributed by atoms with van der Waals surface area (Å²) >= 11 is 0. The third kappa shape index (κ3) is 2.58. The molecule has 0 unspecified atom stereocenters. The number of ether oxygens (including phenoxy) is 1. The topological polar surface area (TPSA) is 88.4 Å². The summed E-state index contributed by atoms with van der Waals surface area (Å²) in [6, 6.07) is 3.71. The lowest BCUT2D eigenvalue weighted by molar-refractivity contribution is 0.132. The van der Waals surface area contributed by atoms with Crippen LogP contribution in [0.2, 0.25) is 0 Å². The smallest absolute Gasteiger partial charge is 0.407 e. The van der Waals surface area contributed by atoms with Crippen LogP contribution >= 0.6 is 0 Å². The Morgan fingerprint density at radius 2 is 2.10 bits per heavy atom. The molecule has 0 radical (unpaired) electrons. The van der Waals surface area contributed by atoms with Gasteiger partial charge in [-0.15, -0.1) is 0 Å². The summed E-state index contributed by atoms with van der Waals surface area (Å²) in [6.45, 7) is 1.07. The predicted octanol–water partition coefficient (Wildman–Crippen LogP) is 1.89. The highest BCUT2D eigenvalue weighted by atomic mass is 16.5. The molecule has 3 rings (SSSR count). The average Bonchev–Trinajstić information content (AvgIpc) is 2.53. The number of rotatable bonds is 2. The molecular weight excluding hydrogens is 272 g/mol. The number of nitrogens with zero attached hydrogens (tertiary/aromatic N) is 4. The summed E-state index contributed by atoms with van der Waals surface area (Å²) in [6.07, 6.45) is 2.19. The quantitative estimate of drug-likeness (QED) is 0.907. The van der Waals surface area contributed by atoms with Crippen LogP contribution in [-0.4, -0.2) is 51.3 Å². The fraction of sp³-hybridized carbons (Fsp3) is 0.429. The van der Waals surface area contributed by atoms with Crippen LogP contribution in [0.4, 0.5) is 4.79 Å². The van der Waals surface area contributed by atoms with Gasteiger partial charge in [-0.25, -0.2) is 14.8 Å². The van der Waals surface area contributed by atoms with Crippen molar-refractivity contribution in [1.29, 1.82) is 0 Å². The lowest BCUT2D eigenvalue weighted by Gasteiger charge is -2.29. The first kappa shape index (κ1) is 13.5. The van der Waals surface area contributed by atoms with Crippen LogP contribution in [0.3, 0.4) is 0 Å². The minimum Gasteiger partial charge on any atom is -0.481 e. The van der Waals surface area contributed by atoms with Gasteiger partial charge in [0.05, 0.1) is 12.8 Å². The summed E-state index contributed by atoms with van der Waals surface area (Å²) in [7, 11) is 1.57. The zero-order chi connectivity index (χ0) is 14.8. The van der Waals surface area contributed by atoms with Crippen LogP contribution in [0.1, 0.15) is 24.5 Å². The number of hydrogen-bond donors (Lipinski definition) is 1. The van der Waals surface area contributed by atoms with Crippen molar-refractivity contribution >= 4 is 17.1 Å². The molecule has 0 spiro atoms. The van der Waals surface area contributed by atoms with Gasteiger partial charge in [-0.05, 0) is 18.9 Å². The second kappa shape index (κ2) is 5.51. The molecule has 110 valence electrons. The molecule has 21 heavy (non-hydrogen) atoms. The average molecular weight is 288 g/mol. The molecule has 0 aliphatic carbocycles. The summed E-state index contributed by atoms with van der Waals surface area (Å²) < 4.78 is 5.10. The first-order valence-electron chi connectivity index (χ1n) is 6.82. The molecule has 1 saturated heterocycles. The Kier molecular flexibility index (Phi) is 3.55. The fourth-order valence-corrected chi connectivity index (χ4v) is 2.73. The molecule has 1 aliphatic heterocycles. The van der Waals surface area contributed by atoms with Crippen molar-refractivity contribution < 1.29 is 14.6 Å². The van der Waals surface area contributed by atoms with Crippen molar-refractivity contribution in [3.05, 3.63) is 24.2 Å². The maximum Gasteiger partial charge on any atom is 0.407 e. The highest BCUT2D eigenvalue weighted by Gasteiger charge is 2.25. The van der Waals surface area contributed by atoms with Crippen molar-refractivity contribution in [2.24, 2.45) is 0 Å². The number of pyridine rings is 1. The van der Waals surface area contributed by atoms with Gasteiger partial charge in [-0.2, -0.15) is 4.98 Å². The molecule has 0 aromatic carbocycles. The van der Waals surface area contributed by atoms with E-state index in [0.29, 0.717) is 24.6 Å². The molecule has 1 fully saturated rings.